The smallest absolute Gasteiger partial charge is 0.258 e. The first-order valence-electron chi connectivity index (χ1n) is 7.59. The molecular formula is C18H17FN2O2. The van der Waals surface area contributed by atoms with Crippen molar-refractivity contribution in [3.8, 4) is 0 Å². The van der Waals surface area contributed by atoms with Gasteiger partial charge < -0.3 is 10.2 Å². The van der Waals surface area contributed by atoms with E-state index in [0.717, 1.165) is 11.3 Å². The van der Waals surface area contributed by atoms with Crippen molar-refractivity contribution in [3.63, 3.8) is 0 Å². The van der Waals surface area contributed by atoms with Crippen molar-refractivity contribution in [1.29, 1.82) is 0 Å². The molecule has 0 fully saturated rings. The highest BCUT2D eigenvalue weighted by Crippen LogP contribution is 2.32. The molecule has 0 aliphatic carbocycles. The highest BCUT2D eigenvalue weighted by molar-refractivity contribution is 6.08. The molecule has 118 valence electrons. The lowest BCUT2D eigenvalue weighted by Crippen LogP contribution is -2.28. The number of benzene rings is 2. The number of carbonyl (C=O) groups excluding carboxylic acids is 2. The Morgan fingerprint density at radius 1 is 1.17 bits per heavy atom. The lowest BCUT2D eigenvalue weighted by Gasteiger charge is -2.18. The van der Waals surface area contributed by atoms with Gasteiger partial charge in [-0.2, -0.15) is 0 Å². The van der Waals surface area contributed by atoms with Crippen LogP contribution in [0.4, 0.5) is 10.1 Å². The Bertz CT molecular complexity index is 756. The van der Waals surface area contributed by atoms with Crippen LogP contribution in [0.25, 0.3) is 0 Å². The second kappa shape index (κ2) is 6.20. The van der Waals surface area contributed by atoms with Gasteiger partial charge in [0.2, 0.25) is 0 Å². The lowest BCUT2D eigenvalue weighted by molar-refractivity contribution is 0.0953. The van der Waals surface area contributed by atoms with Crippen LogP contribution >= 0.6 is 0 Å². The van der Waals surface area contributed by atoms with E-state index >= 15 is 0 Å². The molecule has 0 spiro atoms. The minimum atomic E-state index is -0.373. The molecular weight excluding hydrogens is 295 g/mol. The highest BCUT2D eigenvalue weighted by atomic mass is 19.1. The van der Waals surface area contributed by atoms with Gasteiger partial charge in [0.25, 0.3) is 11.8 Å². The largest absolute Gasteiger partial charge is 0.352 e. The quantitative estimate of drug-likeness (QED) is 0.947. The number of carbonyl (C=O) groups is 2. The Hall–Kier alpha value is -2.69. The molecule has 2 aromatic rings. The Labute approximate surface area is 133 Å². The molecule has 0 saturated carbocycles. The zero-order chi connectivity index (χ0) is 16.4. The zero-order valence-corrected chi connectivity index (χ0v) is 12.8. The summed E-state index contributed by atoms with van der Waals surface area (Å²) < 4.78 is 13.0. The van der Waals surface area contributed by atoms with Gasteiger partial charge in [0.05, 0.1) is 0 Å². The second-order valence-electron chi connectivity index (χ2n) is 5.38. The van der Waals surface area contributed by atoms with E-state index in [-0.39, 0.29) is 17.6 Å². The maximum absolute atomic E-state index is 13.0. The van der Waals surface area contributed by atoms with Crippen molar-refractivity contribution < 1.29 is 14.0 Å². The number of halogens is 1. The lowest BCUT2D eigenvalue weighted by atomic mass is 10.0. The Balaban J connectivity index is 1.93. The number of anilines is 1. The summed E-state index contributed by atoms with van der Waals surface area (Å²) in [6.45, 7) is 2.94. The fraction of sp³-hybridized carbons (Fsp3) is 0.222. The number of hydrogen-bond acceptors (Lipinski definition) is 2. The topological polar surface area (TPSA) is 49.4 Å². The summed E-state index contributed by atoms with van der Waals surface area (Å²) in [6, 6.07) is 10.9. The normalized spacial score (nSPS) is 12.9. The predicted octanol–water partition coefficient (Wildman–Crippen LogP) is 2.78. The van der Waals surface area contributed by atoms with Gasteiger partial charge in [-0.3, -0.25) is 9.59 Å². The first kappa shape index (κ1) is 15.2. The third-order valence-electron chi connectivity index (χ3n) is 3.95. The average molecular weight is 312 g/mol. The van der Waals surface area contributed by atoms with Crippen LogP contribution in [-0.4, -0.2) is 24.9 Å². The van der Waals surface area contributed by atoms with Crippen LogP contribution in [0.1, 0.15) is 33.2 Å². The second-order valence-corrected chi connectivity index (χ2v) is 5.38. The summed E-state index contributed by atoms with van der Waals surface area (Å²) in [5.74, 6) is -0.681. The average Bonchev–Trinajstić information content (AvgIpc) is 2.99. The summed E-state index contributed by atoms with van der Waals surface area (Å²) in [5.41, 5.74) is 2.68. The molecule has 1 aliphatic rings. The summed E-state index contributed by atoms with van der Waals surface area (Å²) in [5, 5.41) is 2.79. The molecule has 0 atom stereocenters. The molecule has 0 bridgehead atoms. The molecule has 23 heavy (non-hydrogen) atoms. The SMILES string of the molecule is CCNC(=O)c1cccc2c1CCN2C(=O)c1ccc(F)cc1. The molecule has 0 unspecified atom stereocenters. The van der Waals surface area contributed by atoms with Crippen LogP contribution < -0.4 is 10.2 Å². The first-order valence-corrected chi connectivity index (χ1v) is 7.59. The van der Waals surface area contributed by atoms with Crippen molar-refractivity contribution >= 4 is 17.5 Å². The number of fused-ring (bicyclic) bond motifs is 1. The third-order valence-corrected chi connectivity index (χ3v) is 3.95. The van der Waals surface area contributed by atoms with Crippen LogP contribution in [0.15, 0.2) is 42.5 Å². The van der Waals surface area contributed by atoms with Gasteiger partial charge in [0.1, 0.15) is 5.82 Å². The molecule has 0 radical (unpaired) electrons. The predicted molar refractivity (Wildman–Crippen MR) is 86.2 cm³/mol. The van der Waals surface area contributed by atoms with E-state index in [1.54, 1.807) is 17.0 Å². The van der Waals surface area contributed by atoms with Crippen LogP contribution in [0, 0.1) is 5.82 Å². The molecule has 0 aromatic heterocycles. The monoisotopic (exact) mass is 312 g/mol. The van der Waals surface area contributed by atoms with Crippen molar-refractivity contribution in [2.75, 3.05) is 18.0 Å². The molecule has 1 N–H and O–H groups in total. The van der Waals surface area contributed by atoms with Crippen LogP contribution in [0.2, 0.25) is 0 Å². The number of amides is 2. The fourth-order valence-electron chi connectivity index (χ4n) is 2.86. The van der Waals surface area contributed by atoms with E-state index in [1.165, 1.54) is 24.3 Å². The number of hydrogen-bond donors (Lipinski definition) is 1. The standard InChI is InChI=1S/C18H17FN2O2/c1-2-20-17(22)15-4-3-5-16-14(15)10-11-21(16)18(23)12-6-8-13(19)9-7-12/h3-9H,2,10-11H2,1H3,(H,20,22). The number of rotatable bonds is 3. The van der Waals surface area contributed by atoms with E-state index in [4.69, 9.17) is 0 Å². The van der Waals surface area contributed by atoms with E-state index in [0.29, 0.717) is 30.6 Å². The molecule has 2 amide bonds. The van der Waals surface area contributed by atoms with Crippen LogP contribution in [0.3, 0.4) is 0 Å². The molecule has 5 heteroatoms. The van der Waals surface area contributed by atoms with E-state index in [9.17, 15) is 14.0 Å². The van der Waals surface area contributed by atoms with E-state index < -0.39 is 0 Å². The van der Waals surface area contributed by atoms with Crippen molar-refractivity contribution in [2.45, 2.75) is 13.3 Å². The molecule has 2 aromatic carbocycles. The van der Waals surface area contributed by atoms with Crippen molar-refractivity contribution in [3.05, 3.63) is 65.0 Å². The molecule has 0 saturated heterocycles. The highest BCUT2D eigenvalue weighted by Gasteiger charge is 2.28. The fourth-order valence-corrected chi connectivity index (χ4v) is 2.86. The minimum Gasteiger partial charge on any atom is -0.352 e. The van der Waals surface area contributed by atoms with Gasteiger partial charge in [-0.25, -0.2) is 4.39 Å². The number of nitrogens with one attached hydrogen (secondary N) is 1. The maximum atomic E-state index is 13.0. The van der Waals surface area contributed by atoms with Gasteiger partial charge in [0.15, 0.2) is 0 Å². The Morgan fingerprint density at radius 3 is 2.61 bits per heavy atom. The summed E-state index contributed by atoms with van der Waals surface area (Å²) in [6.07, 6.45) is 0.634. The minimum absolute atomic E-state index is 0.125. The van der Waals surface area contributed by atoms with Crippen molar-refractivity contribution in [2.24, 2.45) is 0 Å². The van der Waals surface area contributed by atoms with E-state index in [2.05, 4.69) is 5.32 Å². The summed E-state index contributed by atoms with van der Waals surface area (Å²) in [4.78, 5) is 26.4. The molecule has 1 heterocycles. The van der Waals surface area contributed by atoms with Gasteiger partial charge in [-0.1, -0.05) is 6.07 Å². The van der Waals surface area contributed by atoms with Gasteiger partial charge in [0, 0.05) is 29.9 Å². The third kappa shape index (κ3) is 2.82. The molecule has 4 nitrogen and oxygen atoms in total. The van der Waals surface area contributed by atoms with Crippen LogP contribution in [-0.2, 0) is 6.42 Å². The summed E-state index contributed by atoms with van der Waals surface area (Å²) >= 11 is 0. The number of nitrogens with zero attached hydrogens (tertiary/aromatic N) is 1. The molecule has 3 rings (SSSR count). The first-order chi connectivity index (χ1) is 11.1. The Morgan fingerprint density at radius 2 is 1.91 bits per heavy atom. The van der Waals surface area contributed by atoms with Crippen molar-refractivity contribution in [1.82, 2.24) is 5.32 Å². The van der Waals surface area contributed by atoms with Gasteiger partial charge in [-0.05, 0) is 55.3 Å². The Kier molecular flexibility index (Phi) is 4.10. The zero-order valence-electron chi connectivity index (χ0n) is 12.8. The summed E-state index contributed by atoms with van der Waals surface area (Å²) in [7, 11) is 0. The van der Waals surface area contributed by atoms with Crippen LogP contribution in [0.5, 0.6) is 0 Å². The maximum Gasteiger partial charge on any atom is 0.258 e. The van der Waals surface area contributed by atoms with E-state index in [1.807, 2.05) is 13.0 Å². The molecule has 1 aliphatic heterocycles. The van der Waals surface area contributed by atoms with Gasteiger partial charge >= 0.3 is 0 Å². The van der Waals surface area contributed by atoms with Gasteiger partial charge in [-0.15, -0.1) is 0 Å².